The third kappa shape index (κ3) is 4.44. The van der Waals surface area contributed by atoms with Gasteiger partial charge in [0.2, 0.25) is 11.8 Å². The second-order valence-electron chi connectivity index (χ2n) is 12.5. The lowest BCUT2D eigenvalue weighted by molar-refractivity contribution is 0.616. The first-order valence-corrected chi connectivity index (χ1v) is 15.5. The molecule has 0 fully saturated rings. The number of aryl methyl sites for hydroxylation is 2. The summed E-state index contributed by atoms with van der Waals surface area (Å²) < 4.78 is 12.0. The molecular formula is C39H28N6O2. The van der Waals surface area contributed by atoms with Crippen LogP contribution in [0.4, 0.5) is 0 Å². The van der Waals surface area contributed by atoms with Gasteiger partial charge >= 0.3 is 0 Å². The maximum absolute atomic E-state index is 5.99. The normalized spacial score (nSPS) is 13.3. The Labute approximate surface area is 270 Å². The van der Waals surface area contributed by atoms with Crippen LogP contribution in [0.1, 0.15) is 36.4 Å². The van der Waals surface area contributed by atoms with Crippen LogP contribution in [-0.4, -0.2) is 29.9 Å². The molecule has 8 aromatic rings. The number of oxazole rings is 2. The monoisotopic (exact) mass is 612 g/mol. The number of nitrogens with zero attached hydrogens (tertiary/aromatic N) is 6. The van der Waals surface area contributed by atoms with Crippen molar-refractivity contribution in [1.29, 1.82) is 0 Å². The number of fused-ring (bicyclic) bond motifs is 5. The predicted octanol–water partition coefficient (Wildman–Crippen LogP) is 9.14. The molecule has 0 spiro atoms. The molecule has 6 aromatic heterocycles. The molecule has 0 aliphatic heterocycles. The third-order valence-electron chi connectivity index (χ3n) is 8.99. The highest BCUT2D eigenvalue weighted by molar-refractivity contribution is 5.85. The van der Waals surface area contributed by atoms with Gasteiger partial charge in [-0.05, 0) is 96.8 Å². The van der Waals surface area contributed by atoms with Crippen molar-refractivity contribution in [3.63, 3.8) is 0 Å². The molecule has 0 unspecified atom stereocenters. The SMILES string of the molecule is Cc1ccc2oc(-c3cccc(-c4ccc5c(c4)C(C)(C)c4cc(-c6cccc(-c7nc8nc(C)ccc8o7)n6)ccc4-5)n3)nc2n1. The van der Waals surface area contributed by atoms with Crippen LogP contribution in [0.15, 0.2) is 106 Å². The zero-order chi connectivity index (χ0) is 31.9. The van der Waals surface area contributed by atoms with Crippen LogP contribution >= 0.6 is 0 Å². The Morgan fingerprint density at radius 3 is 1.38 bits per heavy atom. The second-order valence-corrected chi connectivity index (χ2v) is 12.5. The minimum atomic E-state index is -0.237. The van der Waals surface area contributed by atoms with Crippen LogP contribution in [0.25, 0.3) is 79.3 Å². The fraction of sp³-hybridized carbons (Fsp3) is 0.128. The topological polar surface area (TPSA) is 104 Å². The van der Waals surface area contributed by atoms with Crippen molar-refractivity contribution in [1.82, 2.24) is 29.9 Å². The van der Waals surface area contributed by atoms with E-state index in [2.05, 4.69) is 70.2 Å². The molecule has 0 saturated heterocycles. The van der Waals surface area contributed by atoms with Crippen molar-refractivity contribution < 1.29 is 8.83 Å². The van der Waals surface area contributed by atoms with Crippen LogP contribution in [0.5, 0.6) is 0 Å². The molecule has 6 heterocycles. The highest BCUT2D eigenvalue weighted by atomic mass is 16.4. The summed E-state index contributed by atoms with van der Waals surface area (Å²) in [5.74, 6) is 0.920. The first-order valence-electron chi connectivity index (χ1n) is 15.5. The molecular weight excluding hydrogens is 584 g/mol. The van der Waals surface area contributed by atoms with E-state index >= 15 is 0 Å². The molecule has 8 heteroatoms. The summed E-state index contributed by atoms with van der Waals surface area (Å²) in [6.45, 7) is 8.44. The number of hydrogen-bond acceptors (Lipinski definition) is 8. The largest absolute Gasteiger partial charge is 0.433 e. The van der Waals surface area contributed by atoms with E-state index in [4.69, 9.17) is 18.8 Å². The van der Waals surface area contributed by atoms with E-state index in [1.165, 1.54) is 22.3 Å². The Morgan fingerprint density at radius 1 is 0.468 bits per heavy atom. The number of hydrogen-bond donors (Lipinski definition) is 0. The second kappa shape index (κ2) is 9.99. The molecule has 1 aliphatic rings. The lowest BCUT2D eigenvalue weighted by Crippen LogP contribution is -2.15. The van der Waals surface area contributed by atoms with Gasteiger partial charge < -0.3 is 8.83 Å². The van der Waals surface area contributed by atoms with E-state index in [9.17, 15) is 0 Å². The van der Waals surface area contributed by atoms with Crippen LogP contribution in [-0.2, 0) is 5.41 Å². The van der Waals surface area contributed by atoms with Gasteiger partial charge in [-0.15, -0.1) is 0 Å². The lowest BCUT2D eigenvalue weighted by atomic mass is 9.81. The fourth-order valence-electron chi connectivity index (χ4n) is 6.53. The van der Waals surface area contributed by atoms with Crippen LogP contribution in [0.3, 0.4) is 0 Å². The summed E-state index contributed by atoms with van der Waals surface area (Å²) in [4.78, 5) is 28.1. The van der Waals surface area contributed by atoms with Crippen molar-refractivity contribution in [3.05, 3.63) is 120 Å². The summed E-state index contributed by atoms with van der Waals surface area (Å²) in [7, 11) is 0. The number of rotatable bonds is 4. The van der Waals surface area contributed by atoms with Gasteiger partial charge in [-0.25, -0.2) is 19.9 Å². The van der Waals surface area contributed by atoms with Crippen molar-refractivity contribution in [2.75, 3.05) is 0 Å². The zero-order valence-corrected chi connectivity index (χ0v) is 26.2. The Kier molecular flexibility index (Phi) is 5.80. The minimum absolute atomic E-state index is 0.237. The molecule has 47 heavy (non-hydrogen) atoms. The van der Waals surface area contributed by atoms with Gasteiger partial charge in [0.25, 0.3) is 0 Å². The molecule has 1 aliphatic carbocycles. The van der Waals surface area contributed by atoms with E-state index in [-0.39, 0.29) is 5.41 Å². The van der Waals surface area contributed by atoms with Crippen molar-refractivity contribution in [3.8, 4) is 56.8 Å². The van der Waals surface area contributed by atoms with Gasteiger partial charge in [-0.1, -0.05) is 50.2 Å². The van der Waals surface area contributed by atoms with Gasteiger partial charge in [0.15, 0.2) is 22.5 Å². The molecule has 0 saturated carbocycles. The fourth-order valence-corrected chi connectivity index (χ4v) is 6.53. The average molecular weight is 613 g/mol. The van der Waals surface area contributed by atoms with Gasteiger partial charge in [-0.3, -0.25) is 0 Å². The van der Waals surface area contributed by atoms with E-state index in [0.29, 0.717) is 45.6 Å². The van der Waals surface area contributed by atoms with Gasteiger partial charge in [0.05, 0.1) is 11.4 Å². The minimum Gasteiger partial charge on any atom is -0.433 e. The Hall–Kier alpha value is -6.02. The third-order valence-corrected chi connectivity index (χ3v) is 8.99. The Bertz CT molecular complexity index is 2370. The lowest BCUT2D eigenvalue weighted by Gasteiger charge is -2.22. The molecule has 0 radical (unpaired) electrons. The Balaban J connectivity index is 1.05. The summed E-state index contributed by atoms with van der Waals surface area (Å²) in [6, 6.07) is 32.7. The van der Waals surface area contributed by atoms with E-state index < -0.39 is 0 Å². The first-order chi connectivity index (χ1) is 22.8. The molecule has 0 amide bonds. The maximum atomic E-state index is 5.99. The van der Waals surface area contributed by atoms with Crippen molar-refractivity contribution in [2.24, 2.45) is 0 Å². The maximum Gasteiger partial charge on any atom is 0.247 e. The van der Waals surface area contributed by atoms with Crippen molar-refractivity contribution in [2.45, 2.75) is 33.1 Å². The Morgan fingerprint density at radius 2 is 0.915 bits per heavy atom. The molecule has 0 atom stereocenters. The number of aromatic nitrogens is 6. The van der Waals surface area contributed by atoms with Crippen LogP contribution in [0.2, 0.25) is 0 Å². The van der Waals surface area contributed by atoms with Crippen molar-refractivity contribution >= 4 is 22.5 Å². The van der Waals surface area contributed by atoms with Gasteiger partial charge in [0, 0.05) is 27.9 Å². The highest BCUT2D eigenvalue weighted by Crippen LogP contribution is 2.50. The zero-order valence-electron chi connectivity index (χ0n) is 26.2. The summed E-state index contributed by atoms with van der Waals surface area (Å²) in [5, 5.41) is 0. The molecule has 226 valence electrons. The number of benzene rings is 2. The van der Waals surface area contributed by atoms with Crippen LogP contribution in [0, 0.1) is 13.8 Å². The number of pyridine rings is 4. The van der Waals surface area contributed by atoms with Gasteiger partial charge in [0.1, 0.15) is 11.4 Å². The molecule has 0 N–H and O–H groups in total. The average Bonchev–Trinajstić information content (AvgIpc) is 3.77. The molecule has 0 bridgehead atoms. The standard InChI is InChI=1S/C39H28N6O2/c1-21-11-17-33-35(40-21)44-37(46-33)31-9-5-7-29(42-31)23-13-15-25-26-16-14-24(20-28(26)39(3,4)27(25)19-23)30-8-6-10-32(43-30)38-45-36-34(47-38)18-12-22(2)41-36/h5-20H,1-4H3. The van der Waals surface area contributed by atoms with E-state index in [1.807, 2.05) is 74.5 Å². The van der Waals surface area contributed by atoms with E-state index in [0.717, 1.165) is 33.9 Å². The quantitative estimate of drug-likeness (QED) is 0.194. The summed E-state index contributed by atoms with van der Waals surface area (Å²) >= 11 is 0. The summed E-state index contributed by atoms with van der Waals surface area (Å²) in [6.07, 6.45) is 0. The first kappa shape index (κ1) is 27.3. The van der Waals surface area contributed by atoms with Gasteiger partial charge in [-0.2, -0.15) is 9.97 Å². The molecule has 9 rings (SSSR count). The predicted molar refractivity (Wildman–Crippen MR) is 182 cm³/mol. The van der Waals surface area contributed by atoms with Crippen LogP contribution < -0.4 is 0 Å². The summed E-state index contributed by atoms with van der Waals surface area (Å²) in [5.41, 5.74) is 14.1. The van der Waals surface area contributed by atoms with E-state index in [1.54, 1.807) is 0 Å². The molecule has 8 nitrogen and oxygen atoms in total. The smallest absolute Gasteiger partial charge is 0.247 e. The highest BCUT2D eigenvalue weighted by Gasteiger charge is 2.36. The molecule has 2 aromatic carbocycles.